The van der Waals surface area contributed by atoms with E-state index in [1.165, 1.54) is 11.1 Å². The van der Waals surface area contributed by atoms with Crippen LogP contribution in [0.15, 0.2) is 54.6 Å². The Balaban J connectivity index is 1.85. The van der Waals surface area contributed by atoms with Crippen LogP contribution in [-0.4, -0.2) is 16.8 Å². The van der Waals surface area contributed by atoms with Crippen LogP contribution in [0.4, 0.5) is 0 Å². The fourth-order valence-electron chi connectivity index (χ4n) is 3.41. The summed E-state index contributed by atoms with van der Waals surface area (Å²) in [6.45, 7) is 4.99. The molecule has 2 aromatic carbocycles. The van der Waals surface area contributed by atoms with Crippen LogP contribution in [0.25, 0.3) is 0 Å². The van der Waals surface area contributed by atoms with Crippen LogP contribution in [0.3, 0.4) is 0 Å². The molecule has 2 atom stereocenters. The maximum absolute atomic E-state index is 13.1. The molecule has 0 saturated heterocycles. The molecule has 114 valence electrons. The van der Waals surface area contributed by atoms with Gasteiger partial charge in [0.15, 0.2) is 0 Å². The van der Waals surface area contributed by atoms with Crippen LogP contribution < -0.4 is 0 Å². The molecule has 0 fully saturated rings. The van der Waals surface area contributed by atoms with E-state index in [2.05, 4.69) is 55.1 Å². The van der Waals surface area contributed by atoms with Gasteiger partial charge in [-0.15, -0.1) is 0 Å². The molecule has 1 heterocycles. The van der Waals surface area contributed by atoms with Crippen molar-refractivity contribution in [3.63, 3.8) is 0 Å². The number of hydrogen-bond donors (Lipinski definition) is 0. The zero-order valence-corrected chi connectivity index (χ0v) is 13.3. The van der Waals surface area contributed by atoms with E-state index in [9.17, 15) is 4.79 Å². The maximum atomic E-state index is 13.1. The van der Waals surface area contributed by atoms with Crippen LogP contribution in [0.1, 0.15) is 42.9 Å². The van der Waals surface area contributed by atoms with E-state index >= 15 is 0 Å². The highest BCUT2D eigenvalue weighted by molar-refractivity contribution is 5.84. The van der Waals surface area contributed by atoms with Crippen LogP contribution >= 0.6 is 0 Å². The van der Waals surface area contributed by atoms with E-state index in [4.69, 9.17) is 0 Å². The monoisotopic (exact) mass is 293 g/mol. The molecule has 2 unspecified atom stereocenters. The second-order valence-corrected chi connectivity index (χ2v) is 6.16. The van der Waals surface area contributed by atoms with Crippen molar-refractivity contribution in [1.29, 1.82) is 0 Å². The summed E-state index contributed by atoms with van der Waals surface area (Å²) >= 11 is 0. The third-order valence-electron chi connectivity index (χ3n) is 4.70. The number of carbonyl (C=O) groups excluding carboxylic acids is 1. The first-order valence-electron chi connectivity index (χ1n) is 8.13. The molecule has 0 bridgehead atoms. The fraction of sp³-hybridized carbons (Fsp3) is 0.350. The molecule has 0 aliphatic carbocycles. The summed E-state index contributed by atoms with van der Waals surface area (Å²) in [4.78, 5) is 15.1. The second-order valence-electron chi connectivity index (χ2n) is 6.16. The highest BCUT2D eigenvalue weighted by Gasteiger charge is 2.31. The molecule has 1 aliphatic heterocycles. The minimum atomic E-state index is -0.0334. The molecule has 0 N–H and O–H groups in total. The van der Waals surface area contributed by atoms with Gasteiger partial charge in [0.05, 0.1) is 5.92 Å². The third-order valence-corrected chi connectivity index (χ3v) is 4.70. The van der Waals surface area contributed by atoms with Crippen molar-refractivity contribution in [3.05, 3.63) is 71.3 Å². The zero-order chi connectivity index (χ0) is 15.5. The first-order chi connectivity index (χ1) is 10.7. The minimum Gasteiger partial charge on any atom is -0.335 e. The number of fused-ring (bicyclic) bond motifs is 1. The first-order valence-corrected chi connectivity index (χ1v) is 8.13. The van der Waals surface area contributed by atoms with E-state index in [0.717, 1.165) is 24.9 Å². The first kappa shape index (κ1) is 14.8. The van der Waals surface area contributed by atoms with Crippen molar-refractivity contribution in [1.82, 2.24) is 4.90 Å². The molecule has 0 radical (unpaired) electrons. The van der Waals surface area contributed by atoms with Gasteiger partial charge in [-0.3, -0.25) is 4.79 Å². The summed E-state index contributed by atoms with van der Waals surface area (Å²) in [6.07, 6.45) is 1.79. The standard InChI is InChI=1S/C20H23NO/c1-3-19(16-9-5-4-6-10-16)20(22)21-14-18-12-8-7-11-17(18)13-15(21)2/h4-12,15,19H,3,13-14H2,1-2H3. The van der Waals surface area contributed by atoms with Gasteiger partial charge in [-0.2, -0.15) is 0 Å². The molecule has 0 aromatic heterocycles. The van der Waals surface area contributed by atoms with Gasteiger partial charge in [-0.05, 0) is 36.5 Å². The molecule has 3 rings (SSSR count). The molecule has 2 nitrogen and oxygen atoms in total. The number of hydrogen-bond acceptors (Lipinski definition) is 1. The Morgan fingerprint density at radius 3 is 2.41 bits per heavy atom. The summed E-state index contributed by atoms with van der Waals surface area (Å²) in [6, 6.07) is 18.9. The van der Waals surface area contributed by atoms with Crippen molar-refractivity contribution in [2.75, 3.05) is 0 Å². The minimum absolute atomic E-state index is 0.0334. The summed E-state index contributed by atoms with van der Waals surface area (Å²) in [5.74, 6) is 0.226. The molecule has 0 spiro atoms. The van der Waals surface area contributed by atoms with Gasteiger partial charge in [0.1, 0.15) is 0 Å². The van der Waals surface area contributed by atoms with Crippen LogP contribution in [0, 0.1) is 0 Å². The third kappa shape index (κ3) is 2.78. The van der Waals surface area contributed by atoms with E-state index in [1.807, 2.05) is 18.2 Å². The van der Waals surface area contributed by atoms with Gasteiger partial charge in [-0.25, -0.2) is 0 Å². The normalized spacial score (nSPS) is 18.6. The van der Waals surface area contributed by atoms with Crippen LogP contribution in [0.2, 0.25) is 0 Å². The number of rotatable bonds is 3. The topological polar surface area (TPSA) is 20.3 Å². The average molecular weight is 293 g/mol. The summed E-state index contributed by atoms with van der Waals surface area (Å²) in [7, 11) is 0. The number of benzene rings is 2. The molecule has 1 aliphatic rings. The van der Waals surface area contributed by atoms with E-state index in [0.29, 0.717) is 0 Å². The Morgan fingerprint density at radius 1 is 1.09 bits per heavy atom. The zero-order valence-electron chi connectivity index (χ0n) is 13.3. The molecular weight excluding hydrogens is 270 g/mol. The number of carbonyl (C=O) groups is 1. The molecule has 2 aromatic rings. The molecule has 0 saturated carbocycles. The largest absolute Gasteiger partial charge is 0.335 e. The van der Waals surface area contributed by atoms with Gasteiger partial charge in [0, 0.05) is 12.6 Å². The summed E-state index contributed by atoms with van der Waals surface area (Å²) in [5, 5.41) is 0. The van der Waals surface area contributed by atoms with Crippen molar-refractivity contribution in [2.45, 2.75) is 45.2 Å². The SMILES string of the molecule is CCC(C(=O)N1Cc2ccccc2CC1C)c1ccccc1. The Kier molecular flexibility index (Phi) is 4.28. The Labute approximate surface area is 132 Å². The number of amides is 1. The highest BCUT2D eigenvalue weighted by atomic mass is 16.2. The molecular formula is C20H23NO. The molecule has 22 heavy (non-hydrogen) atoms. The van der Waals surface area contributed by atoms with Gasteiger partial charge in [0.25, 0.3) is 0 Å². The Bertz CT molecular complexity index is 650. The van der Waals surface area contributed by atoms with Crippen molar-refractivity contribution in [3.8, 4) is 0 Å². The van der Waals surface area contributed by atoms with Crippen LogP contribution in [0.5, 0.6) is 0 Å². The smallest absolute Gasteiger partial charge is 0.230 e. The summed E-state index contributed by atoms with van der Waals surface area (Å²) < 4.78 is 0. The lowest BCUT2D eigenvalue weighted by Gasteiger charge is -2.37. The molecule has 2 heteroatoms. The Hall–Kier alpha value is -2.09. The van der Waals surface area contributed by atoms with Gasteiger partial charge in [-0.1, -0.05) is 61.5 Å². The molecule has 1 amide bonds. The van der Waals surface area contributed by atoms with Gasteiger partial charge in [0.2, 0.25) is 5.91 Å². The maximum Gasteiger partial charge on any atom is 0.230 e. The van der Waals surface area contributed by atoms with E-state index in [-0.39, 0.29) is 17.9 Å². The second kappa shape index (κ2) is 6.35. The highest BCUT2D eigenvalue weighted by Crippen LogP contribution is 2.28. The lowest BCUT2D eigenvalue weighted by molar-refractivity contribution is -0.136. The van der Waals surface area contributed by atoms with E-state index in [1.54, 1.807) is 0 Å². The quantitative estimate of drug-likeness (QED) is 0.832. The average Bonchev–Trinajstić information content (AvgIpc) is 2.55. The number of nitrogens with zero attached hydrogens (tertiary/aromatic N) is 1. The predicted octanol–water partition coefficient (Wildman–Crippen LogP) is 4.15. The lowest BCUT2D eigenvalue weighted by atomic mass is 9.90. The Morgan fingerprint density at radius 2 is 1.73 bits per heavy atom. The fourth-order valence-corrected chi connectivity index (χ4v) is 3.41. The van der Waals surface area contributed by atoms with Crippen molar-refractivity contribution < 1.29 is 4.79 Å². The summed E-state index contributed by atoms with van der Waals surface area (Å²) in [5.41, 5.74) is 3.80. The van der Waals surface area contributed by atoms with E-state index < -0.39 is 0 Å². The van der Waals surface area contributed by atoms with Crippen molar-refractivity contribution >= 4 is 5.91 Å². The lowest BCUT2D eigenvalue weighted by Crippen LogP contribution is -2.44. The van der Waals surface area contributed by atoms with Gasteiger partial charge < -0.3 is 4.90 Å². The van der Waals surface area contributed by atoms with Crippen molar-refractivity contribution in [2.24, 2.45) is 0 Å². The predicted molar refractivity (Wildman–Crippen MR) is 89.6 cm³/mol. The van der Waals surface area contributed by atoms with Crippen LogP contribution in [-0.2, 0) is 17.8 Å². The van der Waals surface area contributed by atoms with Gasteiger partial charge >= 0.3 is 0 Å².